The molecule has 2 N–H and O–H groups in total. The first-order chi connectivity index (χ1) is 14.5. The Morgan fingerprint density at radius 1 is 1.13 bits per heavy atom. The van der Waals surface area contributed by atoms with Gasteiger partial charge in [0.15, 0.2) is 0 Å². The zero-order valence-corrected chi connectivity index (χ0v) is 17.6. The summed E-state index contributed by atoms with van der Waals surface area (Å²) in [7, 11) is 0. The Morgan fingerprint density at radius 3 is 2.57 bits per heavy atom. The standard InChI is InChI=1S/C24H17BrN2O3/c1-14-6-8-15(9-7-14)22-18-11-10-16(12-21(18)30-23(27)19(22)13-26)29-24(28)17-4-2-3-5-20(17)25/h2-12,22H,27H2,1H3. The number of rotatable bonds is 3. The minimum absolute atomic E-state index is 0.0462. The van der Waals surface area contributed by atoms with Gasteiger partial charge >= 0.3 is 5.97 Å². The molecule has 1 aliphatic rings. The molecule has 1 atom stereocenters. The number of nitriles is 1. The molecule has 5 nitrogen and oxygen atoms in total. The van der Waals surface area contributed by atoms with Gasteiger partial charge in [0, 0.05) is 16.1 Å². The molecule has 0 bridgehead atoms. The van der Waals surface area contributed by atoms with E-state index < -0.39 is 5.97 Å². The van der Waals surface area contributed by atoms with Crippen LogP contribution in [0.3, 0.4) is 0 Å². The van der Waals surface area contributed by atoms with Gasteiger partial charge in [0.2, 0.25) is 5.88 Å². The van der Waals surface area contributed by atoms with Crippen LogP contribution in [-0.2, 0) is 0 Å². The van der Waals surface area contributed by atoms with Crippen molar-refractivity contribution in [2.45, 2.75) is 12.8 Å². The summed E-state index contributed by atoms with van der Waals surface area (Å²) in [5.41, 5.74) is 9.65. The lowest BCUT2D eigenvalue weighted by molar-refractivity contribution is 0.0733. The summed E-state index contributed by atoms with van der Waals surface area (Å²) >= 11 is 3.35. The van der Waals surface area contributed by atoms with Crippen molar-refractivity contribution in [1.29, 1.82) is 5.26 Å². The van der Waals surface area contributed by atoms with Crippen molar-refractivity contribution in [3.05, 3.63) is 105 Å². The first-order valence-corrected chi connectivity index (χ1v) is 10.0. The molecule has 0 saturated carbocycles. The maximum absolute atomic E-state index is 12.5. The lowest BCUT2D eigenvalue weighted by Gasteiger charge is -2.26. The number of hydrogen-bond donors (Lipinski definition) is 1. The maximum Gasteiger partial charge on any atom is 0.344 e. The Morgan fingerprint density at radius 2 is 1.87 bits per heavy atom. The molecule has 0 fully saturated rings. The van der Waals surface area contributed by atoms with Crippen molar-refractivity contribution in [2.24, 2.45) is 5.73 Å². The van der Waals surface area contributed by atoms with Crippen molar-refractivity contribution in [1.82, 2.24) is 0 Å². The van der Waals surface area contributed by atoms with E-state index in [9.17, 15) is 10.1 Å². The average molecular weight is 461 g/mol. The third-order valence-electron chi connectivity index (χ3n) is 4.91. The van der Waals surface area contributed by atoms with Crippen LogP contribution in [-0.4, -0.2) is 5.97 Å². The van der Waals surface area contributed by atoms with Crippen LogP contribution in [0.15, 0.2) is 82.7 Å². The fourth-order valence-corrected chi connectivity index (χ4v) is 3.84. The SMILES string of the molecule is Cc1ccc(C2C(C#N)=C(N)Oc3cc(OC(=O)c4ccccc4Br)ccc32)cc1. The third-order valence-corrected chi connectivity index (χ3v) is 5.60. The van der Waals surface area contributed by atoms with Gasteiger partial charge in [-0.15, -0.1) is 0 Å². The van der Waals surface area contributed by atoms with Gasteiger partial charge in [-0.25, -0.2) is 4.79 Å². The molecule has 1 aliphatic heterocycles. The van der Waals surface area contributed by atoms with Crippen molar-refractivity contribution < 1.29 is 14.3 Å². The topological polar surface area (TPSA) is 85.3 Å². The molecule has 0 radical (unpaired) electrons. The average Bonchev–Trinajstić information content (AvgIpc) is 2.73. The van der Waals surface area contributed by atoms with Crippen molar-refractivity contribution >= 4 is 21.9 Å². The summed E-state index contributed by atoms with van der Waals surface area (Å²) in [4.78, 5) is 12.5. The minimum atomic E-state index is -0.491. The van der Waals surface area contributed by atoms with Crippen LogP contribution in [0.5, 0.6) is 11.5 Å². The molecule has 1 unspecified atom stereocenters. The number of carbonyl (C=O) groups is 1. The number of carbonyl (C=O) groups excluding carboxylic acids is 1. The van der Waals surface area contributed by atoms with E-state index in [2.05, 4.69) is 22.0 Å². The van der Waals surface area contributed by atoms with Crippen LogP contribution in [0.2, 0.25) is 0 Å². The second kappa shape index (κ2) is 8.05. The first kappa shape index (κ1) is 19.7. The van der Waals surface area contributed by atoms with E-state index in [1.165, 1.54) is 0 Å². The molecule has 0 aromatic heterocycles. The fourth-order valence-electron chi connectivity index (χ4n) is 3.39. The molecule has 6 heteroatoms. The number of halogens is 1. The summed E-state index contributed by atoms with van der Waals surface area (Å²) in [6.45, 7) is 2.00. The number of aryl methyl sites for hydroxylation is 1. The van der Waals surface area contributed by atoms with E-state index in [1.54, 1.807) is 36.4 Å². The number of fused-ring (bicyclic) bond motifs is 1. The van der Waals surface area contributed by atoms with Gasteiger partial charge in [-0.1, -0.05) is 48.0 Å². The second-order valence-electron chi connectivity index (χ2n) is 6.90. The largest absolute Gasteiger partial charge is 0.440 e. The van der Waals surface area contributed by atoms with E-state index in [4.69, 9.17) is 15.2 Å². The smallest absolute Gasteiger partial charge is 0.344 e. The number of hydrogen-bond acceptors (Lipinski definition) is 5. The second-order valence-corrected chi connectivity index (χ2v) is 7.76. The summed E-state index contributed by atoms with van der Waals surface area (Å²) in [6.07, 6.45) is 0. The Labute approximate surface area is 182 Å². The van der Waals surface area contributed by atoms with Gasteiger partial charge in [-0.05, 0) is 46.6 Å². The van der Waals surface area contributed by atoms with E-state index in [0.717, 1.165) is 16.7 Å². The van der Waals surface area contributed by atoms with E-state index in [-0.39, 0.29) is 11.8 Å². The number of esters is 1. The third kappa shape index (κ3) is 3.68. The van der Waals surface area contributed by atoms with Crippen LogP contribution in [0, 0.1) is 18.3 Å². The molecule has 3 aromatic rings. The molecular formula is C24H17BrN2O3. The van der Waals surface area contributed by atoms with Crippen molar-refractivity contribution in [2.75, 3.05) is 0 Å². The molecule has 0 amide bonds. The Balaban J connectivity index is 1.70. The molecule has 4 rings (SSSR count). The number of nitrogens with two attached hydrogens (primary N) is 1. The lowest BCUT2D eigenvalue weighted by atomic mass is 9.83. The highest BCUT2D eigenvalue weighted by molar-refractivity contribution is 9.10. The number of benzene rings is 3. The quantitative estimate of drug-likeness (QED) is 0.429. The predicted octanol–water partition coefficient (Wildman–Crippen LogP) is 5.19. The van der Waals surface area contributed by atoms with Gasteiger partial charge in [0.1, 0.15) is 23.1 Å². The highest BCUT2D eigenvalue weighted by Crippen LogP contribution is 2.43. The molecular weight excluding hydrogens is 444 g/mol. The molecule has 1 heterocycles. The Kier molecular flexibility index (Phi) is 5.30. The van der Waals surface area contributed by atoms with Crippen molar-refractivity contribution in [3.8, 4) is 17.6 Å². The van der Waals surface area contributed by atoms with Gasteiger partial charge in [-0.2, -0.15) is 5.26 Å². The summed E-state index contributed by atoms with van der Waals surface area (Å²) < 4.78 is 11.9. The first-order valence-electron chi connectivity index (χ1n) is 9.22. The Bertz CT molecular complexity index is 1210. The highest BCUT2D eigenvalue weighted by atomic mass is 79.9. The summed E-state index contributed by atoms with van der Waals surface area (Å²) in [5.74, 6) is -0.0216. The van der Waals surface area contributed by atoms with Crippen LogP contribution in [0.1, 0.15) is 33.0 Å². The highest BCUT2D eigenvalue weighted by Gasteiger charge is 2.31. The monoisotopic (exact) mass is 460 g/mol. The van der Waals surface area contributed by atoms with Crippen LogP contribution < -0.4 is 15.2 Å². The molecule has 30 heavy (non-hydrogen) atoms. The van der Waals surface area contributed by atoms with Gasteiger partial charge < -0.3 is 15.2 Å². The maximum atomic E-state index is 12.5. The zero-order chi connectivity index (χ0) is 21.3. The van der Waals surface area contributed by atoms with E-state index >= 15 is 0 Å². The minimum Gasteiger partial charge on any atom is -0.440 e. The van der Waals surface area contributed by atoms with Crippen LogP contribution in [0.25, 0.3) is 0 Å². The number of ether oxygens (including phenoxy) is 2. The molecule has 0 saturated heterocycles. The van der Waals surface area contributed by atoms with E-state index in [1.807, 2.05) is 37.3 Å². The Hall–Kier alpha value is -3.56. The fraction of sp³-hybridized carbons (Fsp3) is 0.0833. The van der Waals surface area contributed by atoms with Gasteiger partial charge in [-0.3, -0.25) is 0 Å². The number of nitrogens with zero attached hydrogens (tertiary/aromatic N) is 1. The number of allylic oxidation sites excluding steroid dienone is 1. The molecule has 3 aromatic carbocycles. The van der Waals surface area contributed by atoms with Gasteiger partial charge in [0.05, 0.1) is 11.5 Å². The molecule has 148 valence electrons. The normalized spacial score (nSPS) is 15.0. The molecule has 0 aliphatic carbocycles. The van der Waals surface area contributed by atoms with Gasteiger partial charge in [0.25, 0.3) is 0 Å². The predicted molar refractivity (Wildman–Crippen MR) is 116 cm³/mol. The lowest BCUT2D eigenvalue weighted by Crippen LogP contribution is -2.21. The molecule has 0 spiro atoms. The summed E-state index contributed by atoms with van der Waals surface area (Å²) in [6, 6.07) is 22.2. The summed E-state index contributed by atoms with van der Waals surface area (Å²) in [5, 5.41) is 9.66. The van der Waals surface area contributed by atoms with Crippen LogP contribution >= 0.6 is 15.9 Å². The zero-order valence-electron chi connectivity index (χ0n) is 16.1. The van der Waals surface area contributed by atoms with Crippen LogP contribution in [0.4, 0.5) is 0 Å². The van der Waals surface area contributed by atoms with E-state index in [0.29, 0.717) is 27.1 Å². The van der Waals surface area contributed by atoms with Crippen molar-refractivity contribution in [3.63, 3.8) is 0 Å².